The van der Waals surface area contributed by atoms with Crippen LogP contribution in [0.5, 0.6) is 5.75 Å². The zero-order chi connectivity index (χ0) is 18.4. The van der Waals surface area contributed by atoms with Gasteiger partial charge in [0, 0.05) is 20.2 Å². The zero-order valence-electron chi connectivity index (χ0n) is 15.0. The zero-order valence-corrected chi connectivity index (χ0v) is 15.8. The lowest BCUT2D eigenvalue weighted by atomic mass is 9.90. The minimum Gasteiger partial charge on any atom is -0.491 e. The van der Waals surface area contributed by atoms with Crippen molar-refractivity contribution >= 4 is 10.0 Å². The molecule has 1 heterocycles. The first-order valence-corrected chi connectivity index (χ1v) is 10.3. The summed E-state index contributed by atoms with van der Waals surface area (Å²) in [5.41, 5.74) is 1.29. The van der Waals surface area contributed by atoms with E-state index in [1.54, 1.807) is 35.7 Å². The van der Waals surface area contributed by atoms with Crippen LogP contribution in [-0.4, -0.2) is 46.1 Å². The molecule has 0 bridgehead atoms. The van der Waals surface area contributed by atoms with Gasteiger partial charge < -0.3 is 9.47 Å². The molecule has 0 aromatic heterocycles. The SMILES string of the molecule is COCCOc1ccc(S(=O)(=O)N2CCC(c3ccccc3)CC2)cc1. The van der Waals surface area contributed by atoms with Gasteiger partial charge >= 0.3 is 0 Å². The molecule has 0 unspecified atom stereocenters. The third kappa shape index (κ3) is 4.44. The number of hydrogen-bond acceptors (Lipinski definition) is 4. The second-order valence-corrected chi connectivity index (χ2v) is 8.34. The van der Waals surface area contributed by atoms with Gasteiger partial charge in [-0.05, 0) is 48.6 Å². The number of rotatable bonds is 7. The molecular formula is C20H25NO4S. The van der Waals surface area contributed by atoms with Gasteiger partial charge in [-0.15, -0.1) is 0 Å². The number of hydrogen-bond donors (Lipinski definition) is 0. The van der Waals surface area contributed by atoms with Crippen molar-refractivity contribution in [3.8, 4) is 5.75 Å². The van der Waals surface area contributed by atoms with E-state index in [2.05, 4.69) is 12.1 Å². The number of piperidine rings is 1. The van der Waals surface area contributed by atoms with Crippen molar-refractivity contribution in [2.24, 2.45) is 0 Å². The van der Waals surface area contributed by atoms with Crippen molar-refractivity contribution in [3.05, 3.63) is 60.2 Å². The Morgan fingerprint density at radius 3 is 2.23 bits per heavy atom. The second kappa shape index (κ2) is 8.66. The molecule has 140 valence electrons. The van der Waals surface area contributed by atoms with E-state index in [-0.39, 0.29) is 0 Å². The highest BCUT2D eigenvalue weighted by atomic mass is 32.2. The van der Waals surface area contributed by atoms with E-state index in [0.29, 0.717) is 42.9 Å². The van der Waals surface area contributed by atoms with Crippen LogP contribution in [0.3, 0.4) is 0 Å². The summed E-state index contributed by atoms with van der Waals surface area (Å²) in [4.78, 5) is 0.315. The average molecular weight is 375 g/mol. The molecule has 1 aliphatic rings. The number of ether oxygens (including phenoxy) is 2. The molecule has 5 nitrogen and oxygen atoms in total. The van der Waals surface area contributed by atoms with Crippen LogP contribution in [0.2, 0.25) is 0 Å². The number of benzene rings is 2. The van der Waals surface area contributed by atoms with Crippen LogP contribution >= 0.6 is 0 Å². The molecule has 6 heteroatoms. The van der Waals surface area contributed by atoms with Gasteiger partial charge in [-0.1, -0.05) is 30.3 Å². The van der Waals surface area contributed by atoms with E-state index < -0.39 is 10.0 Å². The molecule has 0 atom stereocenters. The first kappa shape index (κ1) is 18.9. The maximum absolute atomic E-state index is 12.9. The van der Waals surface area contributed by atoms with Crippen molar-refractivity contribution in [2.45, 2.75) is 23.7 Å². The van der Waals surface area contributed by atoms with Gasteiger partial charge in [-0.3, -0.25) is 0 Å². The predicted molar refractivity (Wildman–Crippen MR) is 101 cm³/mol. The Hall–Kier alpha value is -1.89. The van der Waals surface area contributed by atoms with Gasteiger partial charge in [0.25, 0.3) is 0 Å². The molecule has 0 aliphatic carbocycles. The molecular weight excluding hydrogens is 350 g/mol. The highest BCUT2D eigenvalue weighted by molar-refractivity contribution is 7.89. The maximum atomic E-state index is 12.9. The fourth-order valence-corrected chi connectivity index (χ4v) is 4.72. The van der Waals surface area contributed by atoms with E-state index in [0.717, 1.165) is 12.8 Å². The Morgan fingerprint density at radius 1 is 0.962 bits per heavy atom. The van der Waals surface area contributed by atoms with Crippen molar-refractivity contribution in [3.63, 3.8) is 0 Å². The monoisotopic (exact) mass is 375 g/mol. The van der Waals surface area contributed by atoms with Crippen LogP contribution in [0.1, 0.15) is 24.3 Å². The lowest BCUT2D eigenvalue weighted by molar-refractivity contribution is 0.146. The van der Waals surface area contributed by atoms with E-state index in [1.165, 1.54) is 5.56 Å². The van der Waals surface area contributed by atoms with Gasteiger partial charge in [-0.25, -0.2) is 8.42 Å². The summed E-state index contributed by atoms with van der Waals surface area (Å²) < 4.78 is 37.7. The molecule has 2 aromatic rings. The van der Waals surface area contributed by atoms with Crippen LogP contribution in [0.15, 0.2) is 59.5 Å². The molecule has 1 fully saturated rings. The number of nitrogens with zero attached hydrogens (tertiary/aromatic N) is 1. The van der Waals surface area contributed by atoms with Crippen LogP contribution < -0.4 is 4.74 Å². The molecule has 1 saturated heterocycles. The van der Waals surface area contributed by atoms with Gasteiger partial charge in [0.1, 0.15) is 12.4 Å². The first-order chi connectivity index (χ1) is 12.6. The molecule has 1 aliphatic heterocycles. The Balaban J connectivity index is 1.62. The van der Waals surface area contributed by atoms with Crippen molar-refractivity contribution in [1.29, 1.82) is 0 Å². The van der Waals surface area contributed by atoms with E-state index in [9.17, 15) is 8.42 Å². The molecule has 0 spiro atoms. The first-order valence-electron chi connectivity index (χ1n) is 8.88. The maximum Gasteiger partial charge on any atom is 0.243 e. The van der Waals surface area contributed by atoms with E-state index in [1.807, 2.05) is 18.2 Å². The molecule has 3 rings (SSSR count). The lowest BCUT2D eigenvalue weighted by Crippen LogP contribution is -2.37. The largest absolute Gasteiger partial charge is 0.491 e. The summed E-state index contributed by atoms with van der Waals surface area (Å²) in [6, 6.07) is 16.9. The summed E-state index contributed by atoms with van der Waals surface area (Å²) in [7, 11) is -1.85. The standard InChI is InChI=1S/C20H25NO4S/c1-24-15-16-25-19-7-9-20(10-8-19)26(22,23)21-13-11-18(12-14-21)17-5-3-2-4-6-17/h2-10,18H,11-16H2,1H3. The minimum absolute atomic E-state index is 0.315. The van der Waals surface area contributed by atoms with Crippen LogP contribution in [0.4, 0.5) is 0 Å². The fourth-order valence-electron chi connectivity index (χ4n) is 3.25. The smallest absolute Gasteiger partial charge is 0.243 e. The summed E-state index contributed by atoms with van der Waals surface area (Å²) in [6.07, 6.45) is 1.70. The Labute approximate surface area is 155 Å². The van der Waals surface area contributed by atoms with E-state index in [4.69, 9.17) is 9.47 Å². The van der Waals surface area contributed by atoms with Crippen LogP contribution in [-0.2, 0) is 14.8 Å². The summed E-state index contributed by atoms with van der Waals surface area (Å²) in [6.45, 7) is 2.04. The normalized spacial score (nSPS) is 16.5. The van der Waals surface area contributed by atoms with Gasteiger partial charge in [-0.2, -0.15) is 4.31 Å². The number of methoxy groups -OCH3 is 1. The summed E-state index contributed by atoms with van der Waals surface area (Å²) in [5.74, 6) is 1.07. The summed E-state index contributed by atoms with van der Waals surface area (Å²) in [5, 5.41) is 0. The van der Waals surface area contributed by atoms with Crippen molar-refractivity contribution < 1.29 is 17.9 Å². The molecule has 0 amide bonds. The van der Waals surface area contributed by atoms with Crippen LogP contribution in [0.25, 0.3) is 0 Å². The average Bonchev–Trinajstić information content (AvgIpc) is 2.69. The van der Waals surface area contributed by atoms with Crippen molar-refractivity contribution in [2.75, 3.05) is 33.4 Å². The van der Waals surface area contributed by atoms with Gasteiger partial charge in [0.05, 0.1) is 11.5 Å². The molecule has 0 saturated carbocycles. The van der Waals surface area contributed by atoms with Gasteiger partial charge in [0.2, 0.25) is 10.0 Å². The fraction of sp³-hybridized carbons (Fsp3) is 0.400. The quantitative estimate of drug-likeness (QED) is 0.697. The molecule has 0 N–H and O–H groups in total. The topological polar surface area (TPSA) is 55.8 Å². The Morgan fingerprint density at radius 2 is 1.62 bits per heavy atom. The summed E-state index contributed by atoms with van der Waals surface area (Å²) >= 11 is 0. The number of sulfonamides is 1. The minimum atomic E-state index is -3.46. The van der Waals surface area contributed by atoms with Crippen molar-refractivity contribution in [1.82, 2.24) is 4.31 Å². The predicted octanol–water partition coefficient (Wildman–Crippen LogP) is 3.28. The third-order valence-electron chi connectivity index (χ3n) is 4.74. The highest BCUT2D eigenvalue weighted by Gasteiger charge is 2.29. The molecule has 0 radical (unpaired) electrons. The molecule has 2 aromatic carbocycles. The van der Waals surface area contributed by atoms with Gasteiger partial charge in [0.15, 0.2) is 0 Å². The molecule has 26 heavy (non-hydrogen) atoms. The van der Waals surface area contributed by atoms with Crippen LogP contribution in [0, 0.1) is 0 Å². The lowest BCUT2D eigenvalue weighted by Gasteiger charge is -2.31. The van der Waals surface area contributed by atoms with E-state index >= 15 is 0 Å². The third-order valence-corrected chi connectivity index (χ3v) is 6.66. The second-order valence-electron chi connectivity index (χ2n) is 6.40. The Kier molecular flexibility index (Phi) is 6.29. The Bertz CT molecular complexity index is 782. The highest BCUT2D eigenvalue weighted by Crippen LogP contribution is 2.30.